The molecule has 0 N–H and O–H groups in total. The van der Waals surface area contributed by atoms with Crippen LogP contribution >= 0.6 is 0 Å². The van der Waals surface area contributed by atoms with E-state index in [1.54, 1.807) is 0 Å². The van der Waals surface area contributed by atoms with Crippen molar-refractivity contribution in [2.45, 2.75) is 85.1 Å². The lowest BCUT2D eigenvalue weighted by Gasteiger charge is -2.30. The predicted octanol–water partition coefficient (Wildman–Crippen LogP) is 4.29. The lowest BCUT2D eigenvalue weighted by atomic mass is 10.3. The fourth-order valence-electron chi connectivity index (χ4n) is 2.19. The molecule has 0 atom stereocenters. The Hall–Kier alpha value is -0.763. The minimum atomic E-state index is -2.77. The van der Waals surface area contributed by atoms with Crippen molar-refractivity contribution in [1.29, 1.82) is 0 Å². The van der Waals surface area contributed by atoms with Gasteiger partial charge in [-0.25, -0.2) is 0 Å². The first-order valence-electron chi connectivity index (χ1n) is 10.1. The minimum absolute atomic E-state index is 0.171. The van der Waals surface area contributed by atoms with Crippen molar-refractivity contribution in [2.24, 2.45) is 0 Å². The van der Waals surface area contributed by atoms with Crippen LogP contribution < -0.4 is 0 Å². The molecule has 0 saturated heterocycles. The molecule has 0 aromatic rings. The molecule has 0 fully saturated rings. The Morgan fingerprint density at radius 2 is 1.19 bits per heavy atom. The molecule has 0 amide bonds. The van der Waals surface area contributed by atoms with E-state index in [-0.39, 0.29) is 18.8 Å². The molecular weight excluding hydrogens is 352 g/mol. The lowest BCUT2D eigenvalue weighted by molar-refractivity contribution is -0.145. The third-order valence-corrected chi connectivity index (χ3v) is 6.64. The molecule has 154 valence electrons. The first kappa shape index (κ1) is 25.2. The highest BCUT2D eigenvalue weighted by molar-refractivity contribution is 6.60. The van der Waals surface area contributed by atoms with Gasteiger partial charge in [0.1, 0.15) is 12.2 Å². The van der Waals surface area contributed by atoms with Crippen molar-refractivity contribution in [3.8, 4) is 0 Å². The van der Waals surface area contributed by atoms with Gasteiger partial charge in [0, 0.05) is 25.9 Å². The fourth-order valence-corrected chi connectivity index (χ4v) is 4.81. The number of ketones is 1. The highest BCUT2D eigenvalue weighted by Gasteiger charge is 2.40. The molecule has 7 heteroatoms. The van der Waals surface area contributed by atoms with Crippen LogP contribution in [0.25, 0.3) is 0 Å². The van der Waals surface area contributed by atoms with Crippen LogP contribution in [0.4, 0.5) is 0 Å². The van der Waals surface area contributed by atoms with Gasteiger partial charge >= 0.3 is 14.8 Å². The van der Waals surface area contributed by atoms with Gasteiger partial charge in [0.05, 0.1) is 6.61 Å². The molecular formula is C19H38O6Si. The van der Waals surface area contributed by atoms with E-state index in [2.05, 4.69) is 20.8 Å². The van der Waals surface area contributed by atoms with Crippen molar-refractivity contribution in [2.75, 3.05) is 26.4 Å². The van der Waals surface area contributed by atoms with Gasteiger partial charge < -0.3 is 18.0 Å². The van der Waals surface area contributed by atoms with Gasteiger partial charge in [-0.05, 0) is 32.6 Å². The van der Waals surface area contributed by atoms with Gasteiger partial charge in [-0.15, -0.1) is 0 Å². The number of carbonyl (C=O) groups excluding carboxylic acids is 2. The van der Waals surface area contributed by atoms with Crippen LogP contribution in [0.15, 0.2) is 0 Å². The number of rotatable bonds is 18. The van der Waals surface area contributed by atoms with Gasteiger partial charge in [0.25, 0.3) is 0 Å². The first-order chi connectivity index (χ1) is 12.5. The van der Waals surface area contributed by atoms with Crippen LogP contribution in [0, 0.1) is 0 Å². The summed E-state index contributed by atoms with van der Waals surface area (Å²) < 4.78 is 23.5. The third kappa shape index (κ3) is 13.4. The lowest BCUT2D eigenvalue weighted by Crippen LogP contribution is -2.47. The van der Waals surface area contributed by atoms with Crippen molar-refractivity contribution in [1.82, 2.24) is 0 Å². The quantitative estimate of drug-likeness (QED) is 0.150. The van der Waals surface area contributed by atoms with Gasteiger partial charge in [0.15, 0.2) is 0 Å². The predicted molar refractivity (Wildman–Crippen MR) is 104 cm³/mol. The van der Waals surface area contributed by atoms with Gasteiger partial charge in [-0.3, -0.25) is 9.59 Å². The summed E-state index contributed by atoms with van der Waals surface area (Å²) in [6.45, 7) is 9.89. The Labute approximate surface area is 160 Å². The molecule has 26 heavy (non-hydrogen) atoms. The molecule has 6 nitrogen and oxygen atoms in total. The summed E-state index contributed by atoms with van der Waals surface area (Å²) in [6, 6.07) is 0.623. The van der Waals surface area contributed by atoms with E-state index in [4.69, 9.17) is 18.0 Å². The van der Waals surface area contributed by atoms with Crippen LogP contribution in [-0.2, 0) is 27.6 Å². The number of hydrogen-bond donors (Lipinski definition) is 0. The molecule has 0 aliphatic rings. The standard InChI is InChI=1S/C19H38O6Si/c1-5-8-13-23-26(24-14-9-6-2,25-15-10-7-3)16-11-12-22-19(21)17-18(4)20/h5-17H2,1-4H3. The highest BCUT2D eigenvalue weighted by atomic mass is 28.4. The number of hydrogen-bond acceptors (Lipinski definition) is 6. The largest absolute Gasteiger partial charge is 0.501 e. The molecule has 0 aromatic carbocycles. The minimum Gasteiger partial charge on any atom is -0.465 e. The summed E-state index contributed by atoms with van der Waals surface area (Å²) in [5.41, 5.74) is 0. The van der Waals surface area contributed by atoms with E-state index in [0.717, 1.165) is 38.5 Å². The number of esters is 1. The van der Waals surface area contributed by atoms with Crippen molar-refractivity contribution >= 4 is 20.6 Å². The molecule has 0 saturated carbocycles. The van der Waals surface area contributed by atoms with Crippen molar-refractivity contribution in [3.63, 3.8) is 0 Å². The molecule has 0 aromatic heterocycles. The second kappa shape index (κ2) is 16.4. The van der Waals surface area contributed by atoms with Crippen LogP contribution in [0.2, 0.25) is 6.04 Å². The summed E-state index contributed by atoms with van der Waals surface area (Å²) in [7, 11) is -2.77. The van der Waals surface area contributed by atoms with Crippen LogP contribution in [0.3, 0.4) is 0 Å². The number of Topliss-reactive ketones (excluding diaryl/α,β-unsaturated/α-hetero) is 1. The van der Waals surface area contributed by atoms with Gasteiger partial charge in [0.2, 0.25) is 0 Å². The summed E-state index contributed by atoms with van der Waals surface area (Å²) in [5.74, 6) is -0.664. The zero-order chi connectivity index (χ0) is 19.7. The van der Waals surface area contributed by atoms with Crippen LogP contribution in [0.1, 0.15) is 79.1 Å². The van der Waals surface area contributed by atoms with E-state index in [0.29, 0.717) is 32.3 Å². The van der Waals surface area contributed by atoms with E-state index in [1.807, 2.05) is 0 Å². The van der Waals surface area contributed by atoms with E-state index in [1.165, 1.54) is 6.92 Å². The molecule has 0 unspecified atom stereocenters. The Bertz CT molecular complexity index is 349. The number of unbranched alkanes of at least 4 members (excludes halogenated alkanes) is 3. The van der Waals surface area contributed by atoms with Crippen LogP contribution in [0.5, 0.6) is 0 Å². The maximum Gasteiger partial charge on any atom is 0.501 e. The Morgan fingerprint density at radius 3 is 1.58 bits per heavy atom. The molecule has 0 heterocycles. The van der Waals surface area contributed by atoms with Gasteiger partial charge in [-0.2, -0.15) is 0 Å². The van der Waals surface area contributed by atoms with E-state index >= 15 is 0 Å². The van der Waals surface area contributed by atoms with Gasteiger partial charge in [-0.1, -0.05) is 40.0 Å². The molecule has 0 bridgehead atoms. The Morgan fingerprint density at radius 1 is 0.731 bits per heavy atom. The SMILES string of the molecule is CCCCO[Si](CCCOC(=O)CC(C)=O)(OCCCC)OCCCC. The monoisotopic (exact) mass is 390 g/mol. The molecule has 0 rings (SSSR count). The second-order valence-electron chi connectivity index (χ2n) is 6.49. The zero-order valence-corrected chi connectivity index (χ0v) is 18.1. The maximum absolute atomic E-state index is 11.5. The normalized spacial score (nSPS) is 11.5. The smallest absolute Gasteiger partial charge is 0.465 e. The molecule has 0 aliphatic heterocycles. The van der Waals surface area contributed by atoms with Crippen LogP contribution in [-0.4, -0.2) is 47.0 Å². The zero-order valence-electron chi connectivity index (χ0n) is 17.1. The third-order valence-electron chi connectivity index (χ3n) is 3.74. The topological polar surface area (TPSA) is 71.1 Å². The molecule has 0 aliphatic carbocycles. The fraction of sp³-hybridized carbons (Fsp3) is 0.895. The second-order valence-corrected chi connectivity index (χ2v) is 9.22. The first-order valence-corrected chi connectivity index (χ1v) is 12.0. The summed E-state index contributed by atoms with van der Waals surface area (Å²) >= 11 is 0. The average molecular weight is 391 g/mol. The summed E-state index contributed by atoms with van der Waals surface area (Å²) in [5, 5.41) is 0. The Balaban J connectivity index is 4.64. The van der Waals surface area contributed by atoms with E-state index < -0.39 is 14.8 Å². The van der Waals surface area contributed by atoms with Crippen molar-refractivity contribution < 1.29 is 27.6 Å². The highest BCUT2D eigenvalue weighted by Crippen LogP contribution is 2.20. The van der Waals surface area contributed by atoms with Crippen molar-refractivity contribution in [3.05, 3.63) is 0 Å². The number of carbonyl (C=O) groups is 2. The summed E-state index contributed by atoms with van der Waals surface area (Å²) in [6.07, 6.45) is 6.50. The Kier molecular flexibility index (Phi) is 15.9. The molecule has 0 radical (unpaired) electrons. The average Bonchev–Trinajstić information content (AvgIpc) is 2.59. The maximum atomic E-state index is 11.5. The van der Waals surface area contributed by atoms with E-state index in [9.17, 15) is 9.59 Å². The summed E-state index contributed by atoms with van der Waals surface area (Å²) in [4.78, 5) is 22.4. The molecule has 0 spiro atoms. The number of ether oxygens (including phenoxy) is 1.